The number of imidazole rings is 1. The van der Waals surface area contributed by atoms with E-state index in [1.54, 1.807) is 34.1 Å². The molecule has 5 rings (SSSR count). The lowest BCUT2D eigenvalue weighted by atomic mass is 10.1. The average molecular weight is 472 g/mol. The van der Waals surface area contributed by atoms with E-state index < -0.39 is 6.36 Å². The maximum absolute atomic E-state index is 13.3. The summed E-state index contributed by atoms with van der Waals surface area (Å²) in [6.07, 6.45) is -0.140. The minimum absolute atomic E-state index is 0.0964. The van der Waals surface area contributed by atoms with Gasteiger partial charge < -0.3 is 23.2 Å². The molecular formula is C23H19F3N4O4. The van der Waals surface area contributed by atoms with Gasteiger partial charge >= 0.3 is 6.36 Å². The van der Waals surface area contributed by atoms with E-state index in [1.807, 2.05) is 13.8 Å². The summed E-state index contributed by atoms with van der Waals surface area (Å²) in [6.45, 7) is 3.98. The summed E-state index contributed by atoms with van der Waals surface area (Å²) in [4.78, 5) is 32.1. The van der Waals surface area contributed by atoms with Crippen molar-refractivity contribution in [1.29, 1.82) is 0 Å². The van der Waals surface area contributed by atoms with Crippen molar-refractivity contribution in [3.8, 4) is 11.4 Å². The maximum Gasteiger partial charge on any atom is 0.573 e. The van der Waals surface area contributed by atoms with E-state index in [9.17, 15) is 22.8 Å². The second-order valence-electron chi connectivity index (χ2n) is 8.19. The molecular weight excluding hydrogens is 453 g/mol. The Hall–Kier alpha value is -4.02. The molecule has 0 aliphatic carbocycles. The first-order valence-electron chi connectivity index (χ1n) is 10.4. The topological polar surface area (TPSA) is 82.5 Å². The number of halogens is 3. The lowest BCUT2D eigenvalue weighted by Gasteiger charge is -2.35. The van der Waals surface area contributed by atoms with E-state index in [-0.39, 0.29) is 42.0 Å². The highest BCUT2D eigenvalue weighted by Gasteiger charge is 2.33. The SMILES string of the molecule is Cc1cn(-c2ccc3n(c2=O)C[C@@H](C)N(Cc2coc4ccc(OC(F)(F)F)cc24)C3=O)cn1. The predicted molar refractivity (Wildman–Crippen MR) is 115 cm³/mol. The molecule has 0 bridgehead atoms. The van der Waals surface area contributed by atoms with Gasteiger partial charge in [-0.3, -0.25) is 9.59 Å². The average Bonchev–Trinajstić information content (AvgIpc) is 3.36. The Bertz CT molecular complexity index is 1470. The smallest absolute Gasteiger partial charge is 0.464 e. The van der Waals surface area contributed by atoms with Crippen LogP contribution in [0.4, 0.5) is 13.2 Å². The molecule has 11 heteroatoms. The zero-order chi connectivity index (χ0) is 24.2. The molecule has 0 spiro atoms. The first kappa shape index (κ1) is 21.8. The number of ether oxygens (including phenoxy) is 1. The van der Waals surface area contributed by atoms with E-state index in [2.05, 4.69) is 9.72 Å². The summed E-state index contributed by atoms with van der Waals surface area (Å²) < 4.78 is 50.4. The lowest BCUT2D eigenvalue weighted by molar-refractivity contribution is -0.274. The second kappa shape index (κ2) is 7.79. The van der Waals surface area contributed by atoms with Crippen LogP contribution in [0.25, 0.3) is 16.7 Å². The third kappa shape index (κ3) is 3.82. The molecule has 1 aliphatic rings. The van der Waals surface area contributed by atoms with Crippen molar-refractivity contribution in [3.63, 3.8) is 0 Å². The van der Waals surface area contributed by atoms with Gasteiger partial charge in [0.25, 0.3) is 11.5 Å². The fourth-order valence-electron chi connectivity index (χ4n) is 4.19. The number of fused-ring (bicyclic) bond motifs is 2. The lowest BCUT2D eigenvalue weighted by Crippen LogP contribution is -2.49. The molecule has 1 aliphatic heterocycles. The number of benzene rings is 1. The van der Waals surface area contributed by atoms with Gasteiger partial charge in [-0.1, -0.05) is 0 Å². The molecule has 0 unspecified atom stereocenters. The number of carbonyl (C=O) groups is 1. The summed E-state index contributed by atoms with van der Waals surface area (Å²) in [5.41, 5.74) is 1.97. The number of hydrogen-bond donors (Lipinski definition) is 0. The summed E-state index contributed by atoms with van der Waals surface area (Å²) in [5.74, 6) is -0.735. The van der Waals surface area contributed by atoms with E-state index in [0.717, 1.165) is 5.69 Å². The molecule has 176 valence electrons. The monoisotopic (exact) mass is 472 g/mol. The van der Waals surface area contributed by atoms with Crippen LogP contribution in [-0.4, -0.2) is 37.3 Å². The van der Waals surface area contributed by atoms with Gasteiger partial charge in [-0.05, 0) is 44.2 Å². The number of aryl methyl sites for hydroxylation is 1. The van der Waals surface area contributed by atoms with E-state index >= 15 is 0 Å². The zero-order valence-electron chi connectivity index (χ0n) is 18.2. The molecule has 3 aromatic heterocycles. The van der Waals surface area contributed by atoms with Gasteiger partial charge in [0.15, 0.2) is 0 Å². The Morgan fingerprint density at radius 1 is 1.21 bits per heavy atom. The Labute approximate surface area is 190 Å². The predicted octanol–water partition coefficient (Wildman–Crippen LogP) is 4.03. The number of pyridine rings is 1. The number of alkyl halides is 3. The van der Waals surface area contributed by atoms with Crippen molar-refractivity contribution in [2.45, 2.75) is 39.3 Å². The van der Waals surface area contributed by atoms with Gasteiger partial charge in [-0.25, -0.2) is 4.98 Å². The van der Waals surface area contributed by atoms with Gasteiger partial charge in [-0.15, -0.1) is 13.2 Å². The molecule has 0 N–H and O–H groups in total. The molecule has 1 atom stereocenters. The normalized spacial score (nSPS) is 16.2. The van der Waals surface area contributed by atoms with E-state index in [0.29, 0.717) is 22.2 Å². The van der Waals surface area contributed by atoms with Crippen molar-refractivity contribution in [2.75, 3.05) is 0 Å². The largest absolute Gasteiger partial charge is 0.573 e. The molecule has 4 aromatic rings. The van der Waals surface area contributed by atoms with Crippen LogP contribution in [0.1, 0.15) is 28.7 Å². The highest BCUT2D eigenvalue weighted by atomic mass is 19.4. The number of nitrogens with zero attached hydrogens (tertiary/aromatic N) is 4. The Kier molecular flexibility index (Phi) is 4.99. The number of carbonyl (C=O) groups excluding carboxylic acids is 1. The van der Waals surface area contributed by atoms with Crippen molar-refractivity contribution in [1.82, 2.24) is 19.0 Å². The van der Waals surface area contributed by atoms with Gasteiger partial charge in [-0.2, -0.15) is 0 Å². The molecule has 0 saturated heterocycles. The Morgan fingerprint density at radius 2 is 2.00 bits per heavy atom. The molecule has 8 nitrogen and oxygen atoms in total. The van der Waals surface area contributed by atoms with Crippen LogP contribution in [-0.2, 0) is 13.1 Å². The third-order valence-electron chi connectivity index (χ3n) is 5.80. The first-order valence-corrected chi connectivity index (χ1v) is 10.4. The Morgan fingerprint density at radius 3 is 2.71 bits per heavy atom. The summed E-state index contributed by atoms with van der Waals surface area (Å²) in [7, 11) is 0. The van der Waals surface area contributed by atoms with Crippen LogP contribution in [0.2, 0.25) is 0 Å². The Balaban J connectivity index is 1.46. The zero-order valence-corrected chi connectivity index (χ0v) is 18.2. The number of rotatable bonds is 4. The van der Waals surface area contributed by atoms with Crippen LogP contribution in [0, 0.1) is 6.92 Å². The van der Waals surface area contributed by atoms with Crippen molar-refractivity contribution < 1.29 is 27.1 Å². The number of aromatic nitrogens is 3. The molecule has 34 heavy (non-hydrogen) atoms. The fraction of sp³-hybridized carbons (Fsp3) is 0.261. The van der Waals surface area contributed by atoms with Gasteiger partial charge in [0.05, 0.1) is 24.8 Å². The molecule has 0 radical (unpaired) electrons. The minimum Gasteiger partial charge on any atom is -0.464 e. The van der Waals surface area contributed by atoms with Gasteiger partial charge in [0.2, 0.25) is 0 Å². The van der Waals surface area contributed by atoms with Crippen molar-refractivity contribution in [3.05, 3.63) is 76.4 Å². The molecule has 0 fully saturated rings. The summed E-state index contributed by atoms with van der Waals surface area (Å²) >= 11 is 0. The van der Waals surface area contributed by atoms with Crippen molar-refractivity contribution in [2.24, 2.45) is 0 Å². The van der Waals surface area contributed by atoms with E-state index in [4.69, 9.17) is 4.42 Å². The molecule has 1 aromatic carbocycles. The van der Waals surface area contributed by atoms with Gasteiger partial charge in [0.1, 0.15) is 22.7 Å². The van der Waals surface area contributed by atoms with Crippen LogP contribution in [0.3, 0.4) is 0 Å². The van der Waals surface area contributed by atoms with Crippen LogP contribution >= 0.6 is 0 Å². The van der Waals surface area contributed by atoms with E-state index in [1.165, 1.54) is 29.0 Å². The summed E-state index contributed by atoms with van der Waals surface area (Å²) in [6, 6.07) is 6.61. The van der Waals surface area contributed by atoms with Crippen LogP contribution < -0.4 is 10.3 Å². The molecule has 0 saturated carbocycles. The minimum atomic E-state index is -4.82. The highest BCUT2D eigenvalue weighted by molar-refractivity contribution is 5.94. The van der Waals surface area contributed by atoms with Crippen molar-refractivity contribution >= 4 is 16.9 Å². The third-order valence-corrected chi connectivity index (χ3v) is 5.80. The fourth-order valence-corrected chi connectivity index (χ4v) is 4.19. The first-order chi connectivity index (χ1) is 16.1. The highest BCUT2D eigenvalue weighted by Crippen LogP contribution is 2.31. The number of hydrogen-bond acceptors (Lipinski definition) is 5. The molecule has 4 heterocycles. The van der Waals surface area contributed by atoms with Crippen LogP contribution in [0.15, 0.2) is 58.3 Å². The maximum atomic E-state index is 13.3. The second-order valence-corrected chi connectivity index (χ2v) is 8.19. The van der Waals surface area contributed by atoms with Gasteiger partial charge in [0, 0.05) is 29.7 Å². The number of amides is 1. The summed E-state index contributed by atoms with van der Waals surface area (Å²) in [5, 5.41) is 0.413. The molecule has 1 amide bonds. The number of furan rings is 1. The van der Waals surface area contributed by atoms with Crippen LogP contribution in [0.5, 0.6) is 5.75 Å². The quantitative estimate of drug-likeness (QED) is 0.448. The standard InChI is InChI=1S/C23H19F3N4O4/c1-13-8-28(12-27-13)18-4-5-19-22(32)29(14(2)9-30(19)21(18)31)10-15-11-33-20-6-3-16(7-17(15)20)34-23(24,25)26/h3-8,11-12,14H,9-10H2,1-2H3/t14-/m1/s1.